The largest absolute Gasteiger partial charge is 0.492 e. The van der Waals surface area contributed by atoms with Crippen LogP contribution >= 0.6 is 11.3 Å². The van der Waals surface area contributed by atoms with E-state index >= 15 is 0 Å². The highest BCUT2D eigenvalue weighted by atomic mass is 32.2. The van der Waals surface area contributed by atoms with E-state index in [0.717, 1.165) is 41.4 Å². The molecule has 1 aliphatic heterocycles. The van der Waals surface area contributed by atoms with E-state index in [1.54, 1.807) is 11.3 Å². The number of fused-ring (bicyclic) bond motifs is 1. The molecule has 1 atom stereocenters. The molecule has 0 radical (unpaired) electrons. The van der Waals surface area contributed by atoms with E-state index in [1.807, 2.05) is 25.1 Å². The number of hydrogen-bond acceptors (Lipinski definition) is 7. The van der Waals surface area contributed by atoms with Gasteiger partial charge in [0.15, 0.2) is 0 Å². The van der Waals surface area contributed by atoms with Crippen LogP contribution in [0, 0.1) is 6.92 Å². The molecule has 1 unspecified atom stereocenters. The summed E-state index contributed by atoms with van der Waals surface area (Å²) < 4.78 is 33.0. The lowest BCUT2D eigenvalue weighted by Gasteiger charge is -2.30. The summed E-state index contributed by atoms with van der Waals surface area (Å²) in [6.45, 7) is 6.56. The number of aromatic nitrogens is 1. The fourth-order valence-corrected chi connectivity index (χ4v) is 4.50. The monoisotopic (exact) mass is 384 g/mol. The Morgan fingerprint density at radius 3 is 2.88 bits per heavy atom. The molecule has 1 aliphatic rings. The molecule has 2 aromatic rings. The topological polar surface area (TPSA) is 83.6 Å². The Morgan fingerprint density at radius 1 is 1.40 bits per heavy atom. The molecule has 0 bridgehead atoms. The first-order valence-corrected chi connectivity index (χ1v) is 11.0. The molecule has 0 amide bonds. The van der Waals surface area contributed by atoms with Gasteiger partial charge in [-0.25, -0.2) is 18.1 Å². The Labute approximate surface area is 152 Å². The van der Waals surface area contributed by atoms with Crippen molar-refractivity contribution in [3.8, 4) is 5.75 Å². The number of nitrogens with zero attached hydrogens (tertiary/aromatic N) is 2. The van der Waals surface area contributed by atoms with Crippen molar-refractivity contribution >= 4 is 31.6 Å². The number of piperazine rings is 1. The van der Waals surface area contributed by atoms with E-state index in [1.165, 1.54) is 6.26 Å². The second kappa shape index (κ2) is 7.96. The molecule has 1 aromatic carbocycles. The highest BCUT2D eigenvalue weighted by Gasteiger charge is 2.20. The molecule has 2 heterocycles. The molecule has 25 heavy (non-hydrogen) atoms. The van der Waals surface area contributed by atoms with Crippen LogP contribution < -0.4 is 14.8 Å². The number of aryl methyl sites for hydroxylation is 1. The second-order valence-electron chi connectivity index (χ2n) is 6.31. The molecule has 1 fully saturated rings. The number of benzene rings is 1. The van der Waals surface area contributed by atoms with Crippen molar-refractivity contribution in [2.24, 2.45) is 0 Å². The van der Waals surface area contributed by atoms with E-state index in [9.17, 15) is 8.42 Å². The normalized spacial score (nSPS) is 17.7. The van der Waals surface area contributed by atoms with Crippen LogP contribution in [0.25, 0.3) is 10.2 Å². The zero-order valence-corrected chi connectivity index (χ0v) is 16.1. The summed E-state index contributed by atoms with van der Waals surface area (Å²) in [5.74, 6) is 0.707. The van der Waals surface area contributed by atoms with Crippen LogP contribution in [-0.4, -0.2) is 69.9 Å². The second-order valence-corrected chi connectivity index (χ2v) is 9.33. The van der Waals surface area contributed by atoms with Gasteiger partial charge in [-0.2, -0.15) is 0 Å². The maximum Gasteiger partial charge on any atom is 0.209 e. The van der Waals surface area contributed by atoms with Gasteiger partial charge in [-0.1, -0.05) is 0 Å². The predicted octanol–water partition coefficient (Wildman–Crippen LogP) is 0.807. The lowest BCUT2D eigenvalue weighted by molar-refractivity contribution is 0.189. The van der Waals surface area contributed by atoms with Crippen LogP contribution in [0.1, 0.15) is 5.01 Å². The first-order chi connectivity index (χ1) is 11.9. The molecular weight excluding hydrogens is 360 g/mol. The number of sulfonamides is 1. The Kier molecular flexibility index (Phi) is 5.90. The maximum atomic E-state index is 11.7. The van der Waals surface area contributed by atoms with Crippen molar-refractivity contribution < 1.29 is 13.2 Å². The molecule has 2 N–H and O–H groups in total. The van der Waals surface area contributed by atoms with Gasteiger partial charge in [0.1, 0.15) is 12.4 Å². The smallest absolute Gasteiger partial charge is 0.209 e. The van der Waals surface area contributed by atoms with Crippen molar-refractivity contribution in [1.29, 1.82) is 0 Å². The van der Waals surface area contributed by atoms with Crippen LogP contribution in [-0.2, 0) is 10.0 Å². The van der Waals surface area contributed by atoms with Crippen LogP contribution in [0.15, 0.2) is 18.2 Å². The van der Waals surface area contributed by atoms with E-state index < -0.39 is 10.0 Å². The third-order valence-electron chi connectivity index (χ3n) is 3.99. The van der Waals surface area contributed by atoms with Crippen molar-refractivity contribution in [3.63, 3.8) is 0 Å². The first kappa shape index (κ1) is 18.5. The highest BCUT2D eigenvalue weighted by Crippen LogP contribution is 2.25. The average Bonchev–Trinajstić information content (AvgIpc) is 2.91. The molecule has 138 valence electrons. The summed E-state index contributed by atoms with van der Waals surface area (Å²) in [5.41, 5.74) is 0.912. The molecular formula is C16H24N4O3S2. The van der Waals surface area contributed by atoms with E-state index in [2.05, 4.69) is 19.9 Å². The van der Waals surface area contributed by atoms with Crippen molar-refractivity contribution in [3.05, 3.63) is 23.2 Å². The van der Waals surface area contributed by atoms with E-state index in [4.69, 9.17) is 4.74 Å². The molecule has 1 saturated heterocycles. The average molecular weight is 385 g/mol. The third-order valence-corrected chi connectivity index (χ3v) is 5.70. The van der Waals surface area contributed by atoms with Crippen molar-refractivity contribution in [2.45, 2.75) is 13.0 Å². The minimum Gasteiger partial charge on any atom is -0.492 e. The molecule has 1 aromatic heterocycles. The number of thiazole rings is 1. The maximum absolute atomic E-state index is 11.7. The first-order valence-electron chi connectivity index (χ1n) is 8.29. The van der Waals surface area contributed by atoms with Gasteiger partial charge in [0, 0.05) is 38.8 Å². The van der Waals surface area contributed by atoms with E-state index in [-0.39, 0.29) is 12.6 Å². The van der Waals surface area contributed by atoms with Gasteiger partial charge in [-0.3, -0.25) is 4.90 Å². The number of nitrogens with one attached hydrogen (secondary N) is 2. The molecule has 0 spiro atoms. The molecule has 0 saturated carbocycles. The van der Waals surface area contributed by atoms with Crippen LogP contribution in [0.3, 0.4) is 0 Å². The zero-order chi connectivity index (χ0) is 17.9. The zero-order valence-electron chi connectivity index (χ0n) is 14.5. The summed E-state index contributed by atoms with van der Waals surface area (Å²) in [5, 5.41) is 4.31. The predicted molar refractivity (Wildman–Crippen MR) is 101 cm³/mol. The van der Waals surface area contributed by atoms with Gasteiger partial charge in [0.2, 0.25) is 10.0 Å². The van der Waals surface area contributed by atoms with Crippen LogP contribution in [0.4, 0.5) is 0 Å². The molecule has 9 heteroatoms. The summed E-state index contributed by atoms with van der Waals surface area (Å²) in [6, 6.07) is 5.51. The summed E-state index contributed by atoms with van der Waals surface area (Å²) >= 11 is 1.65. The fraction of sp³-hybridized carbons (Fsp3) is 0.562. The number of ether oxygens (including phenoxy) is 1. The quantitative estimate of drug-likeness (QED) is 0.735. The Morgan fingerprint density at radius 2 is 2.16 bits per heavy atom. The number of rotatable bonds is 7. The van der Waals surface area contributed by atoms with Gasteiger partial charge in [-0.05, 0) is 19.1 Å². The summed E-state index contributed by atoms with van der Waals surface area (Å²) in [4.78, 5) is 6.71. The van der Waals surface area contributed by atoms with Crippen molar-refractivity contribution in [1.82, 2.24) is 19.9 Å². The van der Waals surface area contributed by atoms with E-state index in [0.29, 0.717) is 12.3 Å². The minimum atomic E-state index is -3.29. The minimum absolute atomic E-state index is 0.283. The Balaban J connectivity index is 1.65. The molecule has 3 rings (SSSR count). The third kappa shape index (κ3) is 5.61. The fourth-order valence-electron chi connectivity index (χ4n) is 2.94. The Bertz CT molecular complexity index is 816. The van der Waals surface area contributed by atoms with Gasteiger partial charge < -0.3 is 10.1 Å². The Hall–Kier alpha value is -1.26. The van der Waals surface area contributed by atoms with Gasteiger partial charge in [0.05, 0.1) is 27.5 Å². The van der Waals surface area contributed by atoms with Crippen LogP contribution in [0.2, 0.25) is 0 Å². The molecule has 0 aliphatic carbocycles. The lowest BCUT2D eigenvalue weighted by Crippen LogP contribution is -2.51. The lowest BCUT2D eigenvalue weighted by atomic mass is 10.2. The summed E-state index contributed by atoms with van der Waals surface area (Å²) in [6.07, 6.45) is 1.18. The van der Waals surface area contributed by atoms with Gasteiger partial charge >= 0.3 is 0 Å². The standard InChI is InChI=1S/C16H24N4O3S2/c1-12-18-15-9-14(3-4-16(15)24-12)23-11-13(19-25(2,21)22)10-20-7-5-17-6-8-20/h3-4,9,13,17,19H,5-8,10-11H2,1-2H3. The summed E-state index contributed by atoms with van der Waals surface area (Å²) in [7, 11) is -3.29. The SMILES string of the molecule is Cc1nc2cc(OCC(CN3CCNCC3)NS(C)(=O)=O)ccc2s1. The molecule has 7 nitrogen and oxygen atoms in total. The van der Waals surface area contributed by atoms with Gasteiger partial charge in [-0.15, -0.1) is 11.3 Å². The van der Waals surface area contributed by atoms with Crippen molar-refractivity contribution in [2.75, 3.05) is 45.6 Å². The van der Waals surface area contributed by atoms with Gasteiger partial charge in [0.25, 0.3) is 0 Å². The highest BCUT2D eigenvalue weighted by molar-refractivity contribution is 7.88. The van der Waals surface area contributed by atoms with Crippen LogP contribution in [0.5, 0.6) is 5.75 Å². The number of hydrogen-bond donors (Lipinski definition) is 2.